The van der Waals surface area contributed by atoms with E-state index >= 15 is 0 Å². The number of aliphatic hydroxyl groups excluding tert-OH is 2. The molecule has 1 saturated carbocycles. The van der Waals surface area contributed by atoms with Gasteiger partial charge in [0.05, 0.1) is 6.61 Å². The number of H-pyrrole nitrogens is 1. The summed E-state index contributed by atoms with van der Waals surface area (Å²) in [6, 6.07) is 0. The summed E-state index contributed by atoms with van der Waals surface area (Å²) in [6.45, 7) is 1.89. The van der Waals surface area contributed by atoms with Crippen LogP contribution in [0.2, 0.25) is 0 Å². The fourth-order valence-corrected chi connectivity index (χ4v) is 2.20. The summed E-state index contributed by atoms with van der Waals surface area (Å²) in [5.41, 5.74) is -0.821. The number of hydrogen-bond donors (Lipinski definition) is 3. The van der Waals surface area contributed by atoms with Gasteiger partial charge in [0.25, 0.3) is 5.56 Å². The Hall–Kier alpha value is -1.40. The van der Waals surface area contributed by atoms with Crippen molar-refractivity contribution in [1.82, 2.24) is 9.55 Å². The van der Waals surface area contributed by atoms with Crippen LogP contribution >= 0.6 is 0 Å². The van der Waals surface area contributed by atoms with Gasteiger partial charge in [-0.05, 0) is 19.3 Å². The average molecular weight is 240 g/mol. The molecule has 0 unspecified atom stereocenters. The minimum atomic E-state index is -0.475. The van der Waals surface area contributed by atoms with Crippen molar-refractivity contribution in [2.24, 2.45) is 11.3 Å². The molecule has 2 rings (SSSR count). The summed E-state index contributed by atoms with van der Waals surface area (Å²) < 4.78 is 1.39. The molecular formula is C11H16N2O4. The van der Waals surface area contributed by atoms with Gasteiger partial charge in [-0.3, -0.25) is 14.3 Å². The molecule has 0 radical (unpaired) electrons. The number of aromatic amines is 1. The Labute approximate surface area is 97.5 Å². The van der Waals surface area contributed by atoms with Crippen LogP contribution in [0.1, 0.15) is 12.0 Å². The van der Waals surface area contributed by atoms with E-state index in [1.165, 1.54) is 10.8 Å². The number of nitrogens with zero attached hydrogens (tertiary/aromatic N) is 1. The van der Waals surface area contributed by atoms with Crippen LogP contribution in [-0.4, -0.2) is 33.0 Å². The molecule has 0 aliphatic heterocycles. The zero-order valence-corrected chi connectivity index (χ0v) is 9.64. The van der Waals surface area contributed by atoms with Crippen LogP contribution in [0, 0.1) is 18.3 Å². The number of rotatable bonds is 4. The topological polar surface area (TPSA) is 95.3 Å². The lowest BCUT2D eigenvalue weighted by molar-refractivity contribution is 0.156. The standard InChI is InChI=1S/C11H16N2O4/c1-7-3-13(10(17)12-9(7)16)5-11(6-15)2-8(11)4-14/h3,8,14-15H,2,4-6H2,1H3,(H,12,16,17)/t8-,11+/m0/s1. The summed E-state index contributed by atoms with van der Waals surface area (Å²) in [7, 11) is 0. The normalized spacial score (nSPS) is 27.1. The number of aliphatic hydroxyl groups is 2. The molecule has 1 aromatic heterocycles. The van der Waals surface area contributed by atoms with Crippen LogP contribution in [0.25, 0.3) is 0 Å². The summed E-state index contributed by atoms with van der Waals surface area (Å²) >= 11 is 0. The van der Waals surface area contributed by atoms with Crippen LogP contribution in [0.15, 0.2) is 15.8 Å². The van der Waals surface area contributed by atoms with Gasteiger partial charge >= 0.3 is 5.69 Å². The number of hydrogen-bond acceptors (Lipinski definition) is 4. The third kappa shape index (κ3) is 2.05. The molecule has 0 saturated heterocycles. The van der Waals surface area contributed by atoms with Gasteiger partial charge in [0.1, 0.15) is 0 Å². The first-order chi connectivity index (χ1) is 8.02. The largest absolute Gasteiger partial charge is 0.396 e. The monoisotopic (exact) mass is 240 g/mol. The lowest BCUT2D eigenvalue weighted by atomic mass is 10.1. The molecule has 0 bridgehead atoms. The Balaban J connectivity index is 2.28. The molecule has 6 nitrogen and oxygen atoms in total. The summed E-state index contributed by atoms with van der Waals surface area (Å²) in [5, 5.41) is 18.4. The van der Waals surface area contributed by atoms with Crippen molar-refractivity contribution in [2.45, 2.75) is 19.9 Å². The van der Waals surface area contributed by atoms with Gasteiger partial charge in [0, 0.05) is 30.3 Å². The molecule has 0 spiro atoms. The maximum absolute atomic E-state index is 11.6. The van der Waals surface area contributed by atoms with Gasteiger partial charge in [-0.25, -0.2) is 4.79 Å². The van der Waals surface area contributed by atoms with Gasteiger partial charge in [-0.1, -0.05) is 0 Å². The van der Waals surface area contributed by atoms with Crippen LogP contribution in [0.4, 0.5) is 0 Å². The predicted octanol–water partition coefficient (Wildman–Crippen LogP) is -1.16. The van der Waals surface area contributed by atoms with Gasteiger partial charge in [-0.2, -0.15) is 0 Å². The zero-order valence-electron chi connectivity index (χ0n) is 9.64. The lowest BCUT2D eigenvalue weighted by Crippen LogP contribution is -2.34. The second-order valence-corrected chi connectivity index (χ2v) is 4.80. The Kier molecular flexibility index (Phi) is 2.92. The van der Waals surface area contributed by atoms with Crippen molar-refractivity contribution in [3.8, 4) is 0 Å². The minimum Gasteiger partial charge on any atom is -0.396 e. The van der Waals surface area contributed by atoms with E-state index in [0.717, 1.165) is 0 Å². The highest BCUT2D eigenvalue weighted by atomic mass is 16.3. The average Bonchev–Trinajstić information content (AvgIpc) is 3.00. The fraction of sp³-hybridized carbons (Fsp3) is 0.636. The maximum atomic E-state index is 11.6. The second kappa shape index (κ2) is 4.12. The first kappa shape index (κ1) is 12.1. The Bertz CT molecular complexity index is 533. The van der Waals surface area contributed by atoms with Crippen molar-refractivity contribution in [3.05, 3.63) is 32.6 Å². The third-order valence-corrected chi connectivity index (χ3v) is 3.57. The van der Waals surface area contributed by atoms with E-state index in [0.29, 0.717) is 18.5 Å². The third-order valence-electron chi connectivity index (χ3n) is 3.57. The number of aromatic nitrogens is 2. The van der Waals surface area contributed by atoms with Crippen molar-refractivity contribution in [2.75, 3.05) is 13.2 Å². The molecule has 1 aliphatic carbocycles. The minimum absolute atomic E-state index is 0.0116. The first-order valence-electron chi connectivity index (χ1n) is 5.54. The van der Waals surface area contributed by atoms with E-state index in [1.807, 2.05) is 0 Å². The highest BCUT2D eigenvalue weighted by Crippen LogP contribution is 2.52. The zero-order chi connectivity index (χ0) is 12.6. The van der Waals surface area contributed by atoms with E-state index in [1.54, 1.807) is 6.92 Å². The van der Waals surface area contributed by atoms with Gasteiger partial charge in [0.15, 0.2) is 0 Å². The van der Waals surface area contributed by atoms with Gasteiger partial charge in [-0.15, -0.1) is 0 Å². The van der Waals surface area contributed by atoms with Crippen molar-refractivity contribution in [1.29, 1.82) is 0 Å². The molecule has 6 heteroatoms. The number of aryl methyl sites for hydroxylation is 1. The summed E-state index contributed by atoms with van der Waals surface area (Å²) in [4.78, 5) is 25.0. The molecule has 0 amide bonds. The molecule has 1 aliphatic rings. The summed E-state index contributed by atoms with van der Waals surface area (Å²) in [5.74, 6) is 0.0339. The lowest BCUT2D eigenvalue weighted by Gasteiger charge is -2.15. The van der Waals surface area contributed by atoms with Crippen LogP contribution in [-0.2, 0) is 6.54 Å². The molecule has 1 aromatic rings. The first-order valence-corrected chi connectivity index (χ1v) is 5.54. The van der Waals surface area contributed by atoms with E-state index < -0.39 is 11.1 Å². The van der Waals surface area contributed by atoms with E-state index in [2.05, 4.69) is 4.98 Å². The smallest absolute Gasteiger partial charge is 0.328 e. The molecular weight excluding hydrogens is 224 g/mol. The van der Waals surface area contributed by atoms with Crippen LogP contribution in [0.3, 0.4) is 0 Å². The van der Waals surface area contributed by atoms with E-state index in [4.69, 9.17) is 5.11 Å². The van der Waals surface area contributed by atoms with E-state index in [9.17, 15) is 14.7 Å². The highest BCUT2D eigenvalue weighted by molar-refractivity contribution is 5.05. The molecule has 0 aromatic carbocycles. The number of nitrogens with one attached hydrogen (secondary N) is 1. The Morgan fingerprint density at radius 2 is 2.24 bits per heavy atom. The Morgan fingerprint density at radius 3 is 2.76 bits per heavy atom. The second-order valence-electron chi connectivity index (χ2n) is 4.80. The highest BCUT2D eigenvalue weighted by Gasteiger charge is 2.53. The van der Waals surface area contributed by atoms with Crippen molar-refractivity contribution < 1.29 is 10.2 Å². The van der Waals surface area contributed by atoms with Crippen molar-refractivity contribution in [3.63, 3.8) is 0 Å². The van der Waals surface area contributed by atoms with Crippen LogP contribution in [0.5, 0.6) is 0 Å². The summed E-state index contributed by atoms with van der Waals surface area (Å²) in [6.07, 6.45) is 2.19. The molecule has 2 atom stereocenters. The molecule has 3 N–H and O–H groups in total. The van der Waals surface area contributed by atoms with Crippen LogP contribution < -0.4 is 11.2 Å². The molecule has 94 valence electrons. The Morgan fingerprint density at radius 1 is 1.53 bits per heavy atom. The maximum Gasteiger partial charge on any atom is 0.328 e. The van der Waals surface area contributed by atoms with Crippen molar-refractivity contribution >= 4 is 0 Å². The predicted molar refractivity (Wildman–Crippen MR) is 60.8 cm³/mol. The SMILES string of the molecule is Cc1cn(C[C@@]2(CO)C[C@H]2CO)c(=O)[nH]c1=O. The van der Waals surface area contributed by atoms with Gasteiger partial charge in [0.2, 0.25) is 0 Å². The molecule has 1 fully saturated rings. The molecule has 1 heterocycles. The molecule has 17 heavy (non-hydrogen) atoms. The van der Waals surface area contributed by atoms with E-state index in [-0.39, 0.29) is 24.7 Å². The quantitative estimate of drug-likeness (QED) is 0.618. The fourth-order valence-electron chi connectivity index (χ4n) is 2.20. The van der Waals surface area contributed by atoms with Gasteiger partial charge < -0.3 is 10.2 Å².